The van der Waals surface area contributed by atoms with Crippen LogP contribution in [-0.4, -0.2) is 31.9 Å². The van der Waals surface area contributed by atoms with E-state index in [1.807, 2.05) is 23.6 Å². The molecule has 0 fully saturated rings. The Morgan fingerprint density at radius 3 is 2.64 bits per heavy atom. The maximum atomic E-state index is 11.3. The first-order valence-corrected chi connectivity index (χ1v) is 6.71. The number of rotatable bonds is 4. The third kappa shape index (κ3) is 2.88. The van der Waals surface area contributed by atoms with Crippen LogP contribution in [0.4, 0.5) is 0 Å². The van der Waals surface area contributed by atoms with Crippen molar-refractivity contribution < 1.29 is 14.7 Å². The lowest BCUT2D eigenvalue weighted by atomic mass is 10.2. The number of aryl methyl sites for hydroxylation is 1. The molecule has 0 unspecified atom stereocenters. The zero-order valence-corrected chi connectivity index (χ0v) is 11.9. The molecule has 0 saturated heterocycles. The molecule has 0 radical (unpaired) electrons. The van der Waals surface area contributed by atoms with Gasteiger partial charge in [0.15, 0.2) is 5.65 Å². The summed E-state index contributed by atoms with van der Waals surface area (Å²) in [5.41, 5.74) is 2.23. The molecule has 0 amide bonds. The van der Waals surface area contributed by atoms with Gasteiger partial charge in [0.05, 0.1) is 5.52 Å². The van der Waals surface area contributed by atoms with E-state index in [1.165, 1.54) is 6.07 Å². The third-order valence-corrected chi connectivity index (χ3v) is 3.34. The SMILES string of the molecule is Cc1nc2[nH]c(=O)ccc2n1Cc1ccc(OB(O)O)cc1. The summed E-state index contributed by atoms with van der Waals surface area (Å²) in [7, 11) is -1.83. The average molecular weight is 299 g/mol. The molecule has 0 bridgehead atoms. The summed E-state index contributed by atoms with van der Waals surface area (Å²) in [6, 6.07) is 10.2. The third-order valence-electron chi connectivity index (χ3n) is 3.34. The minimum Gasteiger partial charge on any atom is -0.512 e. The minimum atomic E-state index is -1.83. The highest BCUT2D eigenvalue weighted by Crippen LogP contribution is 2.17. The van der Waals surface area contributed by atoms with E-state index in [0.717, 1.165) is 16.9 Å². The Labute approximate surface area is 126 Å². The molecular weight excluding hydrogens is 285 g/mol. The lowest BCUT2D eigenvalue weighted by Gasteiger charge is -2.09. The second kappa shape index (κ2) is 5.66. The van der Waals surface area contributed by atoms with Crippen LogP contribution in [0.5, 0.6) is 5.75 Å². The van der Waals surface area contributed by atoms with Crippen molar-refractivity contribution in [3.8, 4) is 5.75 Å². The van der Waals surface area contributed by atoms with E-state index in [2.05, 4.69) is 9.97 Å². The number of nitrogens with zero attached hydrogens (tertiary/aromatic N) is 2. The molecule has 3 aromatic rings. The van der Waals surface area contributed by atoms with Gasteiger partial charge in [-0.1, -0.05) is 12.1 Å². The molecule has 2 aromatic heterocycles. The smallest absolute Gasteiger partial charge is 0.512 e. The van der Waals surface area contributed by atoms with Crippen LogP contribution >= 0.6 is 0 Å². The van der Waals surface area contributed by atoms with Gasteiger partial charge in [-0.05, 0) is 30.7 Å². The van der Waals surface area contributed by atoms with Crippen LogP contribution < -0.4 is 10.2 Å². The Bertz CT molecular complexity index is 855. The quantitative estimate of drug-likeness (QED) is 0.607. The molecule has 3 rings (SSSR count). The van der Waals surface area contributed by atoms with E-state index in [1.54, 1.807) is 18.2 Å². The number of hydrogen-bond donors (Lipinski definition) is 3. The standard InChI is InChI=1S/C14H14BN3O4/c1-9-16-14-12(6-7-13(19)17-14)18(9)8-10-2-4-11(5-3-10)22-15(20)21/h2-7,20-21H,8H2,1H3,(H,17,19). The van der Waals surface area contributed by atoms with Gasteiger partial charge in [-0.25, -0.2) is 4.98 Å². The summed E-state index contributed by atoms with van der Waals surface area (Å²) in [6.07, 6.45) is 0. The number of pyridine rings is 1. The van der Waals surface area contributed by atoms with Crippen LogP contribution in [0.25, 0.3) is 11.2 Å². The molecule has 8 heteroatoms. The molecule has 112 valence electrons. The number of hydrogen-bond acceptors (Lipinski definition) is 5. The van der Waals surface area contributed by atoms with E-state index in [0.29, 0.717) is 17.9 Å². The van der Waals surface area contributed by atoms with Crippen molar-refractivity contribution in [3.63, 3.8) is 0 Å². The molecule has 0 atom stereocenters. The van der Waals surface area contributed by atoms with Gasteiger partial charge in [0.25, 0.3) is 0 Å². The van der Waals surface area contributed by atoms with E-state index in [-0.39, 0.29) is 5.56 Å². The van der Waals surface area contributed by atoms with Crippen LogP contribution in [0.1, 0.15) is 11.4 Å². The predicted octanol–water partition coefficient (Wildman–Crippen LogP) is 0.430. The van der Waals surface area contributed by atoms with Crippen molar-refractivity contribution in [3.05, 3.63) is 58.1 Å². The monoisotopic (exact) mass is 299 g/mol. The van der Waals surface area contributed by atoms with Gasteiger partial charge in [0.1, 0.15) is 11.6 Å². The molecule has 0 aliphatic rings. The summed E-state index contributed by atoms with van der Waals surface area (Å²) in [4.78, 5) is 18.4. The van der Waals surface area contributed by atoms with Crippen molar-refractivity contribution in [2.24, 2.45) is 0 Å². The molecular formula is C14H14BN3O4. The Balaban J connectivity index is 1.89. The molecule has 7 nitrogen and oxygen atoms in total. The van der Waals surface area contributed by atoms with Gasteiger partial charge in [-0.15, -0.1) is 0 Å². The lowest BCUT2D eigenvalue weighted by Crippen LogP contribution is -2.20. The summed E-state index contributed by atoms with van der Waals surface area (Å²) in [6.45, 7) is 2.45. The van der Waals surface area contributed by atoms with Gasteiger partial charge in [0, 0.05) is 12.6 Å². The first kappa shape index (κ1) is 14.4. The number of nitrogens with one attached hydrogen (secondary N) is 1. The highest BCUT2D eigenvalue weighted by molar-refractivity contribution is 6.33. The summed E-state index contributed by atoms with van der Waals surface area (Å²) < 4.78 is 6.75. The predicted molar refractivity (Wildman–Crippen MR) is 81.5 cm³/mol. The van der Waals surface area contributed by atoms with Gasteiger partial charge in [-0.3, -0.25) is 4.79 Å². The lowest BCUT2D eigenvalue weighted by molar-refractivity contribution is 0.288. The van der Waals surface area contributed by atoms with Gasteiger partial charge < -0.3 is 24.3 Å². The molecule has 0 aliphatic heterocycles. The van der Waals surface area contributed by atoms with Gasteiger partial charge in [0.2, 0.25) is 5.56 Å². The Hall–Kier alpha value is -2.58. The number of imidazole rings is 1. The summed E-state index contributed by atoms with van der Waals surface area (Å²) in [5, 5.41) is 17.5. The fourth-order valence-corrected chi connectivity index (χ4v) is 2.33. The van der Waals surface area contributed by atoms with Crippen LogP contribution in [0, 0.1) is 6.92 Å². The molecule has 1 aromatic carbocycles. The maximum Gasteiger partial charge on any atom is 0.707 e. The van der Waals surface area contributed by atoms with Crippen molar-refractivity contribution in [1.29, 1.82) is 0 Å². The first-order valence-electron chi connectivity index (χ1n) is 6.71. The largest absolute Gasteiger partial charge is 0.707 e. The van der Waals surface area contributed by atoms with E-state index in [4.69, 9.17) is 14.7 Å². The molecule has 0 spiro atoms. The van der Waals surface area contributed by atoms with Crippen LogP contribution in [0.15, 0.2) is 41.2 Å². The second-order valence-electron chi connectivity index (χ2n) is 4.89. The van der Waals surface area contributed by atoms with Crippen molar-refractivity contribution in [2.45, 2.75) is 13.5 Å². The van der Waals surface area contributed by atoms with Crippen LogP contribution in [0.3, 0.4) is 0 Å². The number of fused-ring (bicyclic) bond motifs is 1. The molecule has 3 N–H and O–H groups in total. The first-order chi connectivity index (χ1) is 10.5. The minimum absolute atomic E-state index is 0.179. The average Bonchev–Trinajstić information content (AvgIpc) is 2.75. The normalized spacial score (nSPS) is 10.9. The molecule has 2 heterocycles. The van der Waals surface area contributed by atoms with Crippen LogP contribution in [0.2, 0.25) is 0 Å². The summed E-state index contributed by atoms with van der Waals surface area (Å²) >= 11 is 0. The van der Waals surface area contributed by atoms with Crippen molar-refractivity contribution in [1.82, 2.24) is 14.5 Å². The highest BCUT2D eigenvalue weighted by atomic mass is 16.6. The fourth-order valence-electron chi connectivity index (χ4n) is 2.33. The maximum absolute atomic E-state index is 11.3. The number of benzene rings is 1. The van der Waals surface area contributed by atoms with Crippen LogP contribution in [-0.2, 0) is 6.54 Å². The number of H-pyrrole nitrogens is 1. The molecule has 0 aliphatic carbocycles. The topological polar surface area (TPSA) is 100 Å². The number of aromatic nitrogens is 3. The zero-order chi connectivity index (χ0) is 15.7. The summed E-state index contributed by atoms with van der Waals surface area (Å²) in [5.74, 6) is 1.17. The van der Waals surface area contributed by atoms with E-state index >= 15 is 0 Å². The Kier molecular flexibility index (Phi) is 3.70. The zero-order valence-electron chi connectivity index (χ0n) is 11.9. The fraction of sp³-hybridized carbons (Fsp3) is 0.143. The Morgan fingerprint density at radius 2 is 1.95 bits per heavy atom. The highest BCUT2D eigenvalue weighted by Gasteiger charge is 2.11. The molecule has 22 heavy (non-hydrogen) atoms. The number of aromatic amines is 1. The Morgan fingerprint density at radius 1 is 1.23 bits per heavy atom. The molecule has 0 saturated carbocycles. The second-order valence-corrected chi connectivity index (χ2v) is 4.89. The van der Waals surface area contributed by atoms with Crippen molar-refractivity contribution in [2.75, 3.05) is 0 Å². The van der Waals surface area contributed by atoms with E-state index < -0.39 is 7.32 Å². The van der Waals surface area contributed by atoms with Gasteiger partial charge in [-0.2, -0.15) is 0 Å². The van der Waals surface area contributed by atoms with Gasteiger partial charge >= 0.3 is 7.32 Å². The van der Waals surface area contributed by atoms with Crippen molar-refractivity contribution >= 4 is 18.5 Å². The van der Waals surface area contributed by atoms with E-state index in [9.17, 15) is 4.79 Å².